The minimum atomic E-state index is 0.196. The average molecular weight is 226 g/mol. The molecule has 0 saturated heterocycles. The Kier molecular flexibility index (Phi) is 5.26. The van der Waals surface area contributed by atoms with Gasteiger partial charge < -0.3 is 10.2 Å². The molecule has 1 rings (SSSR count). The van der Waals surface area contributed by atoms with Crippen LogP contribution in [0, 0.1) is 5.92 Å². The maximum absolute atomic E-state index is 11.4. The first-order valence-corrected chi connectivity index (χ1v) is 6.49. The van der Waals surface area contributed by atoms with Crippen molar-refractivity contribution in [3.63, 3.8) is 0 Å². The number of hydrogen-bond donors (Lipinski definition) is 1. The smallest absolute Gasteiger partial charge is 0.219 e. The highest BCUT2D eigenvalue weighted by atomic mass is 16.2. The van der Waals surface area contributed by atoms with Gasteiger partial charge in [-0.2, -0.15) is 0 Å². The first-order valence-electron chi connectivity index (χ1n) is 6.49. The molecular formula is C13H26N2O. The molecule has 0 aromatic carbocycles. The number of hydrogen-bond acceptors (Lipinski definition) is 2. The molecule has 2 atom stereocenters. The van der Waals surface area contributed by atoms with Crippen LogP contribution < -0.4 is 5.32 Å². The van der Waals surface area contributed by atoms with E-state index in [1.807, 2.05) is 11.9 Å². The zero-order valence-electron chi connectivity index (χ0n) is 11.1. The lowest BCUT2D eigenvalue weighted by molar-refractivity contribution is -0.131. The van der Waals surface area contributed by atoms with Crippen molar-refractivity contribution in [3.05, 3.63) is 0 Å². The van der Waals surface area contributed by atoms with Gasteiger partial charge in [-0.3, -0.25) is 4.79 Å². The molecule has 3 nitrogen and oxygen atoms in total. The number of rotatable bonds is 4. The summed E-state index contributed by atoms with van der Waals surface area (Å²) in [7, 11) is 1.95. The molecule has 1 amide bonds. The second-order valence-corrected chi connectivity index (χ2v) is 5.30. The van der Waals surface area contributed by atoms with Crippen molar-refractivity contribution >= 4 is 5.91 Å². The fourth-order valence-electron chi connectivity index (χ4n) is 2.56. The monoisotopic (exact) mass is 226 g/mol. The third-order valence-electron chi connectivity index (χ3n) is 3.65. The highest BCUT2D eigenvalue weighted by molar-refractivity contribution is 5.73. The first-order chi connectivity index (χ1) is 7.52. The van der Waals surface area contributed by atoms with Crippen molar-refractivity contribution in [3.8, 4) is 0 Å². The summed E-state index contributed by atoms with van der Waals surface area (Å²) in [6.45, 7) is 7.06. The van der Waals surface area contributed by atoms with Crippen molar-refractivity contribution in [2.45, 2.75) is 58.5 Å². The predicted molar refractivity (Wildman–Crippen MR) is 67.3 cm³/mol. The van der Waals surface area contributed by atoms with E-state index in [1.165, 1.54) is 25.7 Å². The topological polar surface area (TPSA) is 32.3 Å². The summed E-state index contributed by atoms with van der Waals surface area (Å²) in [5.41, 5.74) is 0. The Labute approximate surface area is 99.6 Å². The predicted octanol–water partition coefficient (Wildman–Crippen LogP) is 2.02. The van der Waals surface area contributed by atoms with Crippen LogP contribution >= 0.6 is 0 Å². The average Bonchev–Trinajstić information content (AvgIpc) is 2.25. The van der Waals surface area contributed by atoms with E-state index in [1.54, 1.807) is 6.92 Å². The summed E-state index contributed by atoms with van der Waals surface area (Å²) in [6, 6.07) is 0.975. The van der Waals surface area contributed by atoms with Crippen LogP contribution in [0.25, 0.3) is 0 Å². The van der Waals surface area contributed by atoms with Crippen molar-refractivity contribution in [1.29, 1.82) is 0 Å². The van der Waals surface area contributed by atoms with Gasteiger partial charge in [0.1, 0.15) is 0 Å². The van der Waals surface area contributed by atoms with Gasteiger partial charge >= 0.3 is 0 Å². The zero-order chi connectivity index (χ0) is 12.1. The minimum absolute atomic E-state index is 0.196. The van der Waals surface area contributed by atoms with Crippen LogP contribution in [0.2, 0.25) is 0 Å². The van der Waals surface area contributed by atoms with E-state index in [4.69, 9.17) is 0 Å². The zero-order valence-corrected chi connectivity index (χ0v) is 11.1. The highest BCUT2D eigenvalue weighted by Crippen LogP contribution is 2.27. The lowest BCUT2D eigenvalue weighted by Crippen LogP contribution is -2.46. The van der Waals surface area contributed by atoms with Crippen LogP contribution in [0.5, 0.6) is 0 Å². The summed E-state index contributed by atoms with van der Waals surface area (Å²) in [4.78, 5) is 13.4. The van der Waals surface area contributed by atoms with Crippen LogP contribution in [0.4, 0.5) is 0 Å². The SMILES string of the molecule is CC(=O)N(C)C1CCCCC1CNC(C)C. The quantitative estimate of drug-likeness (QED) is 0.795. The molecule has 0 aromatic heterocycles. The number of amides is 1. The number of nitrogens with zero attached hydrogens (tertiary/aromatic N) is 1. The summed E-state index contributed by atoms with van der Waals surface area (Å²) in [5, 5.41) is 3.50. The molecule has 16 heavy (non-hydrogen) atoms. The molecule has 1 aliphatic rings. The van der Waals surface area contributed by atoms with Gasteiger partial charge in [0, 0.05) is 32.6 Å². The van der Waals surface area contributed by atoms with Crippen LogP contribution in [-0.2, 0) is 4.79 Å². The molecule has 0 radical (unpaired) electrons. The Morgan fingerprint density at radius 3 is 2.56 bits per heavy atom. The van der Waals surface area contributed by atoms with E-state index >= 15 is 0 Å². The van der Waals surface area contributed by atoms with Gasteiger partial charge in [-0.15, -0.1) is 0 Å². The van der Waals surface area contributed by atoms with Crippen molar-refractivity contribution < 1.29 is 4.79 Å². The molecule has 94 valence electrons. The van der Waals surface area contributed by atoms with Crippen molar-refractivity contribution in [1.82, 2.24) is 10.2 Å². The third kappa shape index (κ3) is 3.78. The van der Waals surface area contributed by atoms with E-state index in [9.17, 15) is 4.79 Å². The Morgan fingerprint density at radius 2 is 2.00 bits per heavy atom. The number of carbonyl (C=O) groups is 1. The third-order valence-corrected chi connectivity index (χ3v) is 3.65. The fraction of sp³-hybridized carbons (Fsp3) is 0.923. The Balaban J connectivity index is 2.53. The van der Waals surface area contributed by atoms with E-state index in [2.05, 4.69) is 19.2 Å². The van der Waals surface area contributed by atoms with Gasteiger partial charge in [0.25, 0.3) is 0 Å². The minimum Gasteiger partial charge on any atom is -0.343 e. The maximum atomic E-state index is 11.4. The van der Waals surface area contributed by atoms with E-state index in [0.717, 1.165) is 6.54 Å². The van der Waals surface area contributed by atoms with Gasteiger partial charge in [0.15, 0.2) is 0 Å². The standard InChI is InChI=1S/C13H26N2O/c1-10(2)14-9-12-7-5-6-8-13(12)15(4)11(3)16/h10,12-14H,5-9H2,1-4H3. The lowest BCUT2D eigenvalue weighted by Gasteiger charge is -2.38. The maximum Gasteiger partial charge on any atom is 0.219 e. The molecule has 2 unspecified atom stereocenters. The summed E-state index contributed by atoms with van der Waals surface area (Å²) in [5.74, 6) is 0.825. The second kappa shape index (κ2) is 6.24. The highest BCUT2D eigenvalue weighted by Gasteiger charge is 2.29. The summed E-state index contributed by atoms with van der Waals surface area (Å²) >= 11 is 0. The lowest BCUT2D eigenvalue weighted by atomic mass is 9.83. The largest absolute Gasteiger partial charge is 0.343 e. The Morgan fingerprint density at radius 1 is 1.38 bits per heavy atom. The molecule has 0 spiro atoms. The normalized spacial score (nSPS) is 25.8. The second-order valence-electron chi connectivity index (χ2n) is 5.30. The number of nitrogens with one attached hydrogen (secondary N) is 1. The first kappa shape index (κ1) is 13.5. The van der Waals surface area contributed by atoms with E-state index in [-0.39, 0.29) is 5.91 Å². The molecule has 3 heteroatoms. The Hall–Kier alpha value is -0.570. The van der Waals surface area contributed by atoms with Gasteiger partial charge in [-0.25, -0.2) is 0 Å². The molecule has 1 aliphatic carbocycles. The number of carbonyl (C=O) groups excluding carboxylic acids is 1. The molecule has 0 heterocycles. The fourth-order valence-corrected chi connectivity index (χ4v) is 2.56. The van der Waals surface area contributed by atoms with Gasteiger partial charge in [0.2, 0.25) is 5.91 Å². The summed E-state index contributed by atoms with van der Waals surface area (Å²) in [6.07, 6.45) is 5.00. The van der Waals surface area contributed by atoms with Crippen LogP contribution in [-0.4, -0.2) is 36.5 Å². The molecule has 0 bridgehead atoms. The van der Waals surface area contributed by atoms with Crippen LogP contribution in [0.1, 0.15) is 46.5 Å². The van der Waals surface area contributed by atoms with Crippen LogP contribution in [0.15, 0.2) is 0 Å². The molecule has 0 aliphatic heterocycles. The summed E-state index contributed by atoms with van der Waals surface area (Å²) < 4.78 is 0. The molecule has 1 saturated carbocycles. The van der Waals surface area contributed by atoms with Crippen molar-refractivity contribution in [2.75, 3.05) is 13.6 Å². The van der Waals surface area contributed by atoms with Gasteiger partial charge in [-0.1, -0.05) is 26.7 Å². The molecule has 0 aromatic rings. The van der Waals surface area contributed by atoms with Crippen LogP contribution in [0.3, 0.4) is 0 Å². The van der Waals surface area contributed by atoms with Gasteiger partial charge in [0.05, 0.1) is 0 Å². The van der Waals surface area contributed by atoms with Gasteiger partial charge in [-0.05, 0) is 18.8 Å². The van der Waals surface area contributed by atoms with E-state index in [0.29, 0.717) is 18.0 Å². The Bertz CT molecular complexity index is 228. The molecular weight excluding hydrogens is 200 g/mol. The van der Waals surface area contributed by atoms with E-state index < -0.39 is 0 Å². The molecule has 1 fully saturated rings. The van der Waals surface area contributed by atoms with Crippen molar-refractivity contribution in [2.24, 2.45) is 5.92 Å². The molecule has 1 N–H and O–H groups in total.